The summed E-state index contributed by atoms with van der Waals surface area (Å²) in [5, 5.41) is 2.88. The molecule has 1 aliphatic carbocycles. The number of hydrogen-bond acceptors (Lipinski definition) is 2. The Morgan fingerprint density at radius 2 is 1.90 bits per heavy atom. The molecule has 1 N–H and O–H groups in total. The number of rotatable bonds is 7. The van der Waals surface area contributed by atoms with Gasteiger partial charge in [0.15, 0.2) is 0 Å². The fourth-order valence-electron chi connectivity index (χ4n) is 3.11. The average Bonchev–Trinajstić information content (AvgIpc) is 2.54. The summed E-state index contributed by atoms with van der Waals surface area (Å²) in [5.74, 6) is 0.579. The summed E-state index contributed by atoms with van der Waals surface area (Å²) < 4.78 is 0. The van der Waals surface area contributed by atoms with E-state index in [9.17, 15) is 9.59 Å². The Bertz CT molecular complexity index is 438. The highest BCUT2D eigenvalue weighted by Crippen LogP contribution is 2.27. The van der Waals surface area contributed by atoms with Crippen molar-refractivity contribution in [2.45, 2.75) is 57.4 Å². The molecule has 1 aromatic carbocycles. The van der Waals surface area contributed by atoms with Gasteiger partial charge in [-0.2, -0.15) is 0 Å². The first-order chi connectivity index (χ1) is 10.3. The van der Waals surface area contributed by atoms with Crippen molar-refractivity contribution in [1.29, 1.82) is 0 Å². The molecule has 1 aliphatic rings. The minimum Gasteiger partial charge on any atom is -0.347 e. The first-order valence-corrected chi connectivity index (χ1v) is 8.06. The summed E-state index contributed by atoms with van der Waals surface area (Å²) >= 11 is 0. The Hall–Kier alpha value is -1.64. The molecule has 0 bridgehead atoms. The zero-order valence-corrected chi connectivity index (χ0v) is 12.6. The summed E-state index contributed by atoms with van der Waals surface area (Å²) in [6, 6.07) is 9.65. The summed E-state index contributed by atoms with van der Waals surface area (Å²) in [7, 11) is 0. The molecule has 114 valence electrons. The lowest BCUT2D eigenvalue weighted by Crippen LogP contribution is -2.37. The van der Waals surface area contributed by atoms with E-state index in [1.54, 1.807) is 0 Å². The molecule has 0 radical (unpaired) electrons. The van der Waals surface area contributed by atoms with Gasteiger partial charge in [-0.15, -0.1) is 0 Å². The van der Waals surface area contributed by atoms with Crippen molar-refractivity contribution in [1.82, 2.24) is 5.32 Å². The number of benzene rings is 1. The van der Waals surface area contributed by atoms with Crippen molar-refractivity contribution in [3.63, 3.8) is 0 Å². The van der Waals surface area contributed by atoms with Crippen LogP contribution in [-0.2, 0) is 16.0 Å². The largest absolute Gasteiger partial charge is 0.347 e. The van der Waals surface area contributed by atoms with E-state index in [0.29, 0.717) is 12.3 Å². The van der Waals surface area contributed by atoms with E-state index in [2.05, 4.69) is 5.32 Å². The third kappa shape index (κ3) is 5.70. The number of hydrogen-bond donors (Lipinski definition) is 1. The first kappa shape index (κ1) is 15.7. The highest BCUT2D eigenvalue weighted by Gasteiger charge is 2.19. The van der Waals surface area contributed by atoms with Gasteiger partial charge in [-0.1, -0.05) is 62.4 Å². The second kappa shape index (κ2) is 8.60. The van der Waals surface area contributed by atoms with E-state index in [0.717, 1.165) is 24.7 Å². The van der Waals surface area contributed by atoms with Crippen LogP contribution in [0.25, 0.3) is 0 Å². The Morgan fingerprint density at radius 3 is 2.57 bits per heavy atom. The number of nitrogens with one attached hydrogen (secondary N) is 1. The van der Waals surface area contributed by atoms with E-state index >= 15 is 0 Å². The number of amides is 1. The highest BCUT2D eigenvalue weighted by molar-refractivity contribution is 5.79. The maximum Gasteiger partial charge on any atom is 0.220 e. The molecule has 2 rings (SSSR count). The lowest BCUT2D eigenvalue weighted by atomic mass is 9.85. The quantitative estimate of drug-likeness (QED) is 0.782. The zero-order valence-electron chi connectivity index (χ0n) is 12.6. The molecule has 0 aliphatic heterocycles. The Labute approximate surface area is 127 Å². The SMILES string of the molecule is O=C[C@H](CC1CCCCC1)NC(=O)CCc1ccccc1. The molecule has 1 aromatic rings. The smallest absolute Gasteiger partial charge is 0.220 e. The molecule has 1 fully saturated rings. The summed E-state index contributed by atoms with van der Waals surface area (Å²) in [4.78, 5) is 23.1. The van der Waals surface area contributed by atoms with Crippen LogP contribution in [0.2, 0.25) is 0 Å². The van der Waals surface area contributed by atoms with Gasteiger partial charge in [0.25, 0.3) is 0 Å². The summed E-state index contributed by atoms with van der Waals surface area (Å²) in [6.45, 7) is 0. The maximum absolute atomic E-state index is 12.0. The molecule has 0 unspecified atom stereocenters. The van der Waals surface area contributed by atoms with Crippen LogP contribution < -0.4 is 5.32 Å². The standard InChI is InChI=1S/C18H25NO2/c20-14-17(13-16-9-5-2-6-10-16)19-18(21)12-11-15-7-3-1-4-8-15/h1,3-4,7-8,14,16-17H,2,5-6,9-13H2,(H,19,21)/t17-/m0/s1. The van der Waals surface area contributed by atoms with Crippen LogP contribution >= 0.6 is 0 Å². The molecule has 1 saturated carbocycles. The van der Waals surface area contributed by atoms with Gasteiger partial charge in [-0.3, -0.25) is 4.79 Å². The first-order valence-electron chi connectivity index (χ1n) is 8.06. The van der Waals surface area contributed by atoms with Crippen molar-refractivity contribution < 1.29 is 9.59 Å². The van der Waals surface area contributed by atoms with Crippen molar-refractivity contribution in [2.24, 2.45) is 5.92 Å². The Morgan fingerprint density at radius 1 is 1.19 bits per heavy atom. The van der Waals surface area contributed by atoms with Gasteiger partial charge in [0.1, 0.15) is 6.29 Å². The molecule has 1 atom stereocenters. The molecule has 0 aromatic heterocycles. The monoisotopic (exact) mass is 287 g/mol. The van der Waals surface area contributed by atoms with Crippen LogP contribution in [0.15, 0.2) is 30.3 Å². The summed E-state index contributed by atoms with van der Waals surface area (Å²) in [6.07, 6.45) is 9.10. The summed E-state index contributed by atoms with van der Waals surface area (Å²) in [5.41, 5.74) is 1.16. The van der Waals surface area contributed by atoms with Crippen molar-refractivity contribution in [3.8, 4) is 0 Å². The molecule has 21 heavy (non-hydrogen) atoms. The van der Waals surface area contributed by atoms with Crippen molar-refractivity contribution in [3.05, 3.63) is 35.9 Å². The van der Waals surface area contributed by atoms with E-state index in [1.165, 1.54) is 32.1 Å². The van der Waals surface area contributed by atoms with Crippen LogP contribution in [0.3, 0.4) is 0 Å². The third-order valence-electron chi connectivity index (χ3n) is 4.31. The molecule has 1 amide bonds. The normalized spacial score (nSPS) is 17.1. The average molecular weight is 287 g/mol. The zero-order chi connectivity index (χ0) is 14.9. The highest BCUT2D eigenvalue weighted by atomic mass is 16.2. The van der Waals surface area contributed by atoms with Crippen LogP contribution in [0.1, 0.15) is 50.5 Å². The molecule has 0 saturated heterocycles. The second-order valence-electron chi connectivity index (χ2n) is 6.04. The maximum atomic E-state index is 12.0. The lowest BCUT2D eigenvalue weighted by Gasteiger charge is -2.24. The van der Waals surface area contributed by atoms with E-state index < -0.39 is 0 Å². The van der Waals surface area contributed by atoms with Gasteiger partial charge in [0.2, 0.25) is 5.91 Å². The van der Waals surface area contributed by atoms with Crippen LogP contribution in [0.5, 0.6) is 0 Å². The molecule has 3 nitrogen and oxygen atoms in total. The van der Waals surface area contributed by atoms with E-state index in [4.69, 9.17) is 0 Å². The molecule has 0 spiro atoms. The van der Waals surface area contributed by atoms with Crippen LogP contribution in [0, 0.1) is 5.92 Å². The molecular formula is C18H25NO2. The fourth-order valence-corrected chi connectivity index (χ4v) is 3.11. The van der Waals surface area contributed by atoms with Crippen LogP contribution in [-0.4, -0.2) is 18.2 Å². The third-order valence-corrected chi connectivity index (χ3v) is 4.31. The van der Waals surface area contributed by atoms with Crippen molar-refractivity contribution >= 4 is 12.2 Å². The van der Waals surface area contributed by atoms with Gasteiger partial charge in [0.05, 0.1) is 6.04 Å². The predicted octanol–water partition coefficient (Wildman–Crippen LogP) is 3.27. The number of aldehydes is 1. The lowest BCUT2D eigenvalue weighted by molar-refractivity contribution is -0.124. The Kier molecular flexibility index (Phi) is 6.45. The number of aryl methyl sites for hydroxylation is 1. The molecule has 3 heteroatoms. The molecular weight excluding hydrogens is 262 g/mol. The Balaban J connectivity index is 1.72. The topological polar surface area (TPSA) is 46.2 Å². The minimum atomic E-state index is -0.309. The van der Waals surface area contributed by atoms with Gasteiger partial charge in [0, 0.05) is 6.42 Å². The predicted molar refractivity (Wildman–Crippen MR) is 83.9 cm³/mol. The second-order valence-corrected chi connectivity index (χ2v) is 6.04. The number of carbonyl (C=O) groups excluding carboxylic acids is 2. The van der Waals surface area contributed by atoms with Gasteiger partial charge in [-0.05, 0) is 24.3 Å². The van der Waals surface area contributed by atoms with Crippen molar-refractivity contribution in [2.75, 3.05) is 0 Å². The van der Waals surface area contributed by atoms with Gasteiger partial charge in [-0.25, -0.2) is 0 Å². The van der Waals surface area contributed by atoms with Gasteiger partial charge >= 0.3 is 0 Å². The van der Waals surface area contributed by atoms with E-state index in [1.807, 2.05) is 30.3 Å². The van der Waals surface area contributed by atoms with Crippen LogP contribution in [0.4, 0.5) is 0 Å². The number of carbonyl (C=O) groups is 2. The van der Waals surface area contributed by atoms with E-state index in [-0.39, 0.29) is 11.9 Å². The van der Waals surface area contributed by atoms with Gasteiger partial charge < -0.3 is 10.1 Å². The minimum absolute atomic E-state index is 0.0215. The molecule has 0 heterocycles. The fraction of sp³-hybridized carbons (Fsp3) is 0.556.